The number of nitrogens with zero attached hydrogens (tertiary/aromatic N) is 1. The minimum atomic E-state index is -0.929. The van der Waals surface area contributed by atoms with Crippen molar-refractivity contribution >= 4 is 23.6 Å². The number of benzene rings is 2. The number of hydrogen-bond donors (Lipinski definition) is 1. The summed E-state index contributed by atoms with van der Waals surface area (Å²) in [6.45, 7) is 2.48. The van der Waals surface area contributed by atoms with Gasteiger partial charge in [-0.1, -0.05) is 60.7 Å². The van der Waals surface area contributed by atoms with Crippen LogP contribution in [0.2, 0.25) is 0 Å². The highest BCUT2D eigenvalue weighted by Crippen LogP contribution is 2.44. The van der Waals surface area contributed by atoms with Gasteiger partial charge in [-0.3, -0.25) is 4.79 Å². The number of morpholine rings is 1. The molecule has 0 radical (unpaired) electrons. The van der Waals surface area contributed by atoms with Crippen LogP contribution in [0, 0.1) is 0 Å². The molecule has 0 bridgehead atoms. The summed E-state index contributed by atoms with van der Waals surface area (Å²) >= 11 is 1.31. The summed E-state index contributed by atoms with van der Waals surface area (Å²) in [5, 5.41) is 10.9. The molecule has 180 valence electrons. The number of cyclic esters (lactones) is 1. The molecule has 1 saturated heterocycles. The average Bonchev–Trinajstić information content (AvgIpc) is 2.88. The average molecular weight is 482 g/mol. The number of thioether (sulfide) groups is 1. The summed E-state index contributed by atoms with van der Waals surface area (Å²) in [6.07, 6.45) is 2.64. The lowest BCUT2D eigenvalue weighted by Crippen LogP contribution is -2.40. The zero-order valence-electron chi connectivity index (χ0n) is 19.3. The third-order valence-electron chi connectivity index (χ3n) is 6.30. The molecule has 0 spiro atoms. The summed E-state index contributed by atoms with van der Waals surface area (Å²) in [7, 11) is 0. The van der Waals surface area contributed by atoms with Crippen LogP contribution in [0.15, 0.2) is 71.3 Å². The van der Waals surface area contributed by atoms with Crippen molar-refractivity contribution in [3.63, 3.8) is 0 Å². The molecule has 2 heterocycles. The fourth-order valence-corrected chi connectivity index (χ4v) is 5.35. The minimum Gasteiger partial charge on any atom is -0.511 e. The Hall–Kier alpha value is -2.77. The Bertz CT molecular complexity index is 1000. The fourth-order valence-electron chi connectivity index (χ4n) is 4.44. The summed E-state index contributed by atoms with van der Waals surface area (Å²) in [4.78, 5) is 27.6. The zero-order valence-corrected chi connectivity index (χ0v) is 20.1. The molecular weight excluding hydrogens is 450 g/mol. The second-order valence-electron chi connectivity index (χ2n) is 8.68. The molecule has 34 heavy (non-hydrogen) atoms. The number of ether oxygens (including phenoxy) is 2. The van der Waals surface area contributed by atoms with E-state index in [2.05, 4.69) is 0 Å². The highest BCUT2D eigenvalue weighted by Gasteiger charge is 2.43. The smallest absolute Gasteiger partial charge is 0.348 e. The Labute approximate surface area is 204 Å². The topological polar surface area (TPSA) is 76.1 Å². The molecule has 0 aromatic heterocycles. The van der Waals surface area contributed by atoms with Crippen molar-refractivity contribution in [1.29, 1.82) is 0 Å². The maximum atomic E-state index is 13.0. The second kappa shape index (κ2) is 11.6. The molecule has 7 heteroatoms. The molecule has 0 saturated carbocycles. The number of unbranched alkanes of at least 4 members (excludes halogenated alkanes) is 1. The highest BCUT2D eigenvalue weighted by atomic mass is 32.2. The van der Waals surface area contributed by atoms with Gasteiger partial charge in [-0.15, -0.1) is 11.8 Å². The van der Waals surface area contributed by atoms with E-state index in [9.17, 15) is 14.7 Å². The largest absolute Gasteiger partial charge is 0.511 e. The summed E-state index contributed by atoms with van der Waals surface area (Å²) in [5.41, 5.74) is 1.01. The van der Waals surface area contributed by atoms with Crippen molar-refractivity contribution in [2.45, 2.75) is 43.5 Å². The number of carbonyl (C=O) groups excluding carboxylic acids is 2. The van der Waals surface area contributed by atoms with Crippen LogP contribution in [0.5, 0.6) is 0 Å². The van der Waals surface area contributed by atoms with Crippen LogP contribution in [0.25, 0.3) is 0 Å². The van der Waals surface area contributed by atoms with E-state index in [4.69, 9.17) is 9.47 Å². The molecule has 2 aliphatic rings. The van der Waals surface area contributed by atoms with E-state index >= 15 is 0 Å². The van der Waals surface area contributed by atoms with Crippen LogP contribution in [0.1, 0.15) is 43.2 Å². The van der Waals surface area contributed by atoms with Gasteiger partial charge in [0.1, 0.15) is 16.3 Å². The van der Waals surface area contributed by atoms with E-state index in [1.807, 2.05) is 65.6 Å². The zero-order chi connectivity index (χ0) is 23.8. The van der Waals surface area contributed by atoms with Gasteiger partial charge in [0.15, 0.2) is 0 Å². The number of esters is 1. The Balaban J connectivity index is 1.42. The Morgan fingerprint density at radius 3 is 2.35 bits per heavy atom. The van der Waals surface area contributed by atoms with Crippen molar-refractivity contribution in [3.05, 3.63) is 82.5 Å². The lowest BCUT2D eigenvalue weighted by Gasteiger charge is -2.37. The number of rotatable bonds is 9. The first kappa shape index (κ1) is 24.4. The maximum absolute atomic E-state index is 13.0. The Morgan fingerprint density at radius 2 is 1.68 bits per heavy atom. The number of amides is 1. The number of hydrogen-bond acceptors (Lipinski definition) is 6. The third kappa shape index (κ3) is 6.02. The predicted molar refractivity (Wildman–Crippen MR) is 132 cm³/mol. The fraction of sp³-hybridized carbons (Fsp3) is 0.407. The van der Waals surface area contributed by atoms with Crippen molar-refractivity contribution < 1.29 is 24.2 Å². The van der Waals surface area contributed by atoms with E-state index in [0.717, 1.165) is 11.1 Å². The van der Waals surface area contributed by atoms with Crippen LogP contribution in [0.4, 0.5) is 0 Å². The molecule has 1 N–H and O–H groups in total. The molecule has 4 rings (SSSR count). The van der Waals surface area contributed by atoms with E-state index in [1.165, 1.54) is 11.8 Å². The monoisotopic (exact) mass is 481 g/mol. The lowest BCUT2D eigenvalue weighted by atomic mass is 9.83. The van der Waals surface area contributed by atoms with Crippen LogP contribution < -0.4 is 0 Å². The predicted octanol–water partition coefficient (Wildman–Crippen LogP) is 4.95. The van der Waals surface area contributed by atoms with Crippen LogP contribution in [0.3, 0.4) is 0 Å². The molecular formula is C27H31NO5S. The summed E-state index contributed by atoms with van der Waals surface area (Å²) in [6, 6.07) is 19.4. The third-order valence-corrected chi connectivity index (χ3v) is 7.47. The van der Waals surface area contributed by atoms with Gasteiger partial charge >= 0.3 is 5.97 Å². The quantitative estimate of drug-likeness (QED) is 0.403. The summed E-state index contributed by atoms with van der Waals surface area (Å²) < 4.78 is 11.4. The van der Waals surface area contributed by atoms with E-state index in [1.54, 1.807) is 0 Å². The number of aliphatic hydroxyl groups excluding tert-OH is 1. The summed E-state index contributed by atoms with van der Waals surface area (Å²) in [5.74, 6) is 0.306. The molecule has 1 unspecified atom stereocenters. The number of carbonyl (C=O) groups is 2. The van der Waals surface area contributed by atoms with Crippen LogP contribution in [-0.2, 0) is 30.4 Å². The van der Waals surface area contributed by atoms with Crippen molar-refractivity contribution in [2.75, 3.05) is 26.3 Å². The maximum Gasteiger partial charge on any atom is 0.348 e. The van der Waals surface area contributed by atoms with Gasteiger partial charge in [-0.2, -0.15) is 0 Å². The van der Waals surface area contributed by atoms with Crippen molar-refractivity contribution in [2.24, 2.45) is 0 Å². The van der Waals surface area contributed by atoms with E-state index in [0.29, 0.717) is 57.7 Å². The first-order chi connectivity index (χ1) is 16.6. The molecule has 1 atom stereocenters. The van der Waals surface area contributed by atoms with Crippen LogP contribution in [-0.4, -0.2) is 48.2 Å². The van der Waals surface area contributed by atoms with Crippen molar-refractivity contribution in [3.8, 4) is 0 Å². The molecule has 6 nitrogen and oxygen atoms in total. The molecule has 1 fully saturated rings. The second-order valence-corrected chi connectivity index (χ2v) is 9.66. The van der Waals surface area contributed by atoms with Crippen molar-refractivity contribution in [1.82, 2.24) is 4.90 Å². The van der Waals surface area contributed by atoms with Gasteiger partial charge in [-0.25, -0.2) is 4.79 Å². The Morgan fingerprint density at radius 1 is 1.00 bits per heavy atom. The highest BCUT2D eigenvalue weighted by molar-refractivity contribution is 8.03. The first-order valence-electron chi connectivity index (χ1n) is 11.8. The molecule has 2 aromatic rings. The van der Waals surface area contributed by atoms with Gasteiger partial charge in [0.25, 0.3) is 0 Å². The van der Waals surface area contributed by atoms with Gasteiger partial charge in [0, 0.05) is 25.3 Å². The molecule has 1 amide bonds. The first-order valence-corrected chi connectivity index (χ1v) is 12.8. The van der Waals surface area contributed by atoms with Gasteiger partial charge in [0.2, 0.25) is 5.91 Å². The van der Waals surface area contributed by atoms with E-state index < -0.39 is 11.6 Å². The molecule has 2 aliphatic heterocycles. The van der Waals surface area contributed by atoms with Crippen LogP contribution >= 0.6 is 11.8 Å². The van der Waals surface area contributed by atoms with Gasteiger partial charge in [0.05, 0.1) is 19.6 Å². The lowest BCUT2D eigenvalue weighted by molar-refractivity contribution is -0.160. The number of aliphatic hydroxyl groups is 1. The Kier molecular flexibility index (Phi) is 8.29. The normalized spacial score (nSPS) is 20.8. The minimum absolute atomic E-state index is 0.0745. The van der Waals surface area contributed by atoms with Gasteiger partial charge in [-0.05, 0) is 30.4 Å². The molecule has 2 aromatic carbocycles. The molecule has 0 aliphatic carbocycles. The van der Waals surface area contributed by atoms with Gasteiger partial charge < -0.3 is 19.5 Å². The standard InChI is InChI=1S/C27H31NO5S/c29-23-19-27(22-11-5-2-6-12-22,14-8-7-13-24(30)28-15-17-32-18-16-28)33-26(31)25(23)34-20-21-9-3-1-4-10-21/h1-6,9-12,29H,7-8,13-20H2. The van der Waals surface area contributed by atoms with E-state index in [-0.39, 0.29) is 23.0 Å². The SMILES string of the molecule is O=C1OC(CCCCC(=O)N2CCOCC2)(c2ccccc2)CC(O)=C1SCc1ccccc1.